The van der Waals surface area contributed by atoms with Crippen LogP contribution in [-0.4, -0.2) is 39.2 Å². The Morgan fingerprint density at radius 2 is 1.56 bits per heavy atom. The van der Waals surface area contributed by atoms with E-state index in [4.69, 9.17) is 0 Å². The van der Waals surface area contributed by atoms with Crippen molar-refractivity contribution in [3.8, 4) is 0 Å². The van der Waals surface area contributed by atoms with Crippen LogP contribution < -0.4 is 0 Å². The van der Waals surface area contributed by atoms with E-state index in [2.05, 4.69) is 4.98 Å². The van der Waals surface area contributed by atoms with Gasteiger partial charge in [0.25, 0.3) is 5.91 Å². The van der Waals surface area contributed by atoms with E-state index >= 15 is 0 Å². The lowest BCUT2D eigenvalue weighted by Gasteiger charge is -2.37. The zero-order chi connectivity index (χ0) is 23.1. The fraction of sp³-hybridized carbons (Fsp3) is 0.500. The van der Waals surface area contributed by atoms with Gasteiger partial charge in [0.1, 0.15) is 5.82 Å². The molecule has 0 unspecified atom stereocenters. The third-order valence-electron chi connectivity index (χ3n) is 6.75. The summed E-state index contributed by atoms with van der Waals surface area (Å²) in [6, 6.07) is 6.90. The standard InChI is InChI=1S/C24H26F4N2O2/c1-23(32,24(26,27)28)17-6-2-16(3-7-17)22(31)30(19-10-11-19)18-8-4-15(5-9-18)20-12-13-29-14-21(20)25/h2-3,6-7,12-15,18-19,32H,4-5,8-11H2,1H3/t15-,18-,23-/m0/s1. The molecule has 1 aromatic heterocycles. The van der Waals surface area contributed by atoms with Crippen LogP contribution in [0, 0.1) is 5.82 Å². The van der Waals surface area contributed by atoms with Crippen molar-refractivity contribution >= 4 is 5.91 Å². The Kier molecular flexibility index (Phi) is 6.00. The number of pyridine rings is 1. The Labute approximate surface area is 184 Å². The zero-order valence-electron chi connectivity index (χ0n) is 17.8. The molecule has 32 heavy (non-hydrogen) atoms. The van der Waals surface area contributed by atoms with E-state index in [1.165, 1.54) is 18.3 Å². The number of halogens is 4. The summed E-state index contributed by atoms with van der Waals surface area (Å²) in [6.45, 7) is 0.699. The molecule has 2 fully saturated rings. The monoisotopic (exact) mass is 450 g/mol. The number of alkyl halides is 3. The third kappa shape index (κ3) is 4.37. The summed E-state index contributed by atoms with van der Waals surface area (Å²) in [7, 11) is 0. The van der Waals surface area contributed by atoms with Gasteiger partial charge in [-0.05, 0) is 80.7 Å². The molecule has 0 spiro atoms. The minimum absolute atomic E-state index is 0.0223. The number of aliphatic hydroxyl groups is 1. The van der Waals surface area contributed by atoms with Gasteiger partial charge in [-0.25, -0.2) is 4.39 Å². The first-order valence-corrected chi connectivity index (χ1v) is 10.9. The summed E-state index contributed by atoms with van der Waals surface area (Å²) in [6.07, 6.45) is 2.82. The molecule has 2 aliphatic carbocycles. The number of carbonyl (C=O) groups is 1. The maximum atomic E-state index is 14.1. The summed E-state index contributed by atoms with van der Waals surface area (Å²) < 4.78 is 53.4. The molecule has 0 aliphatic heterocycles. The van der Waals surface area contributed by atoms with Gasteiger partial charge in [0, 0.05) is 23.8 Å². The lowest BCUT2D eigenvalue weighted by molar-refractivity contribution is -0.258. The number of nitrogens with zero attached hydrogens (tertiary/aromatic N) is 2. The molecular weight excluding hydrogens is 424 g/mol. The Morgan fingerprint density at radius 1 is 1.00 bits per heavy atom. The Hall–Kier alpha value is -2.48. The highest BCUT2D eigenvalue weighted by atomic mass is 19.4. The van der Waals surface area contributed by atoms with Crippen molar-refractivity contribution in [3.63, 3.8) is 0 Å². The minimum Gasteiger partial charge on any atom is -0.376 e. The molecule has 172 valence electrons. The molecule has 4 rings (SSSR count). The average molecular weight is 450 g/mol. The molecule has 1 heterocycles. The van der Waals surface area contributed by atoms with Crippen LogP contribution in [0.1, 0.15) is 72.9 Å². The Morgan fingerprint density at radius 3 is 2.06 bits per heavy atom. The molecule has 0 radical (unpaired) electrons. The highest BCUT2D eigenvalue weighted by Crippen LogP contribution is 2.41. The maximum absolute atomic E-state index is 14.1. The number of aromatic nitrogens is 1. The van der Waals surface area contributed by atoms with E-state index in [1.807, 2.05) is 4.90 Å². The van der Waals surface area contributed by atoms with Gasteiger partial charge in [0.2, 0.25) is 0 Å². The number of benzene rings is 1. The number of hydrogen-bond donors (Lipinski definition) is 1. The smallest absolute Gasteiger partial charge is 0.376 e. The van der Waals surface area contributed by atoms with E-state index < -0.39 is 11.8 Å². The van der Waals surface area contributed by atoms with Crippen LogP contribution in [0.3, 0.4) is 0 Å². The fourth-order valence-electron chi connectivity index (χ4n) is 4.61. The second-order valence-corrected chi connectivity index (χ2v) is 8.99. The van der Waals surface area contributed by atoms with Crippen molar-refractivity contribution in [2.24, 2.45) is 0 Å². The van der Waals surface area contributed by atoms with Crippen LogP contribution >= 0.6 is 0 Å². The lowest BCUT2D eigenvalue weighted by Crippen LogP contribution is -2.44. The second kappa shape index (κ2) is 8.46. The third-order valence-corrected chi connectivity index (χ3v) is 6.75. The predicted molar refractivity (Wildman–Crippen MR) is 110 cm³/mol. The molecular formula is C24H26F4N2O2. The van der Waals surface area contributed by atoms with Crippen LogP contribution in [0.4, 0.5) is 17.6 Å². The Balaban J connectivity index is 1.47. The van der Waals surface area contributed by atoms with E-state index in [1.54, 1.807) is 12.3 Å². The first-order chi connectivity index (χ1) is 15.1. The van der Waals surface area contributed by atoms with Crippen LogP contribution in [0.15, 0.2) is 42.7 Å². The summed E-state index contributed by atoms with van der Waals surface area (Å²) in [5, 5.41) is 9.85. The molecule has 0 bridgehead atoms. The van der Waals surface area contributed by atoms with Crippen molar-refractivity contribution in [1.29, 1.82) is 0 Å². The fourth-order valence-corrected chi connectivity index (χ4v) is 4.61. The number of amides is 1. The number of carbonyl (C=O) groups excluding carboxylic acids is 1. The molecule has 1 amide bonds. The molecule has 2 aromatic rings. The van der Waals surface area contributed by atoms with Crippen LogP contribution in [0.25, 0.3) is 0 Å². The maximum Gasteiger partial charge on any atom is 0.421 e. The van der Waals surface area contributed by atoms with Crippen LogP contribution in [-0.2, 0) is 5.60 Å². The predicted octanol–water partition coefficient (Wildman–Crippen LogP) is 5.32. The highest BCUT2D eigenvalue weighted by molar-refractivity contribution is 5.95. The topological polar surface area (TPSA) is 53.4 Å². The molecule has 0 saturated heterocycles. The molecule has 4 nitrogen and oxygen atoms in total. The number of rotatable bonds is 5. The quantitative estimate of drug-likeness (QED) is 0.628. The van der Waals surface area contributed by atoms with Crippen LogP contribution in [0.5, 0.6) is 0 Å². The highest BCUT2D eigenvalue weighted by Gasteiger charge is 2.51. The van der Waals surface area contributed by atoms with Gasteiger partial charge in [-0.1, -0.05) is 12.1 Å². The van der Waals surface area contributed by atoms with Crippen LogP contribution in [0.2, 0.25) is 0 Å². The number of hydrogen-bond acceptors (Lipinski definition) is 3. The van der Waals surface area contributed by atoms with Gasteiger partial charge in [-0.15, -0.1) is 0 Å². The molecule has 8 heteroatoms. The van der Waals surface area contributed by atoms with Gasteiger partial charge in [0.15, 0.2) is 5.60 Å². The molecule has 2 aliphatic rings. The summed E-state index contributed by atoms with van der Waals surface area (Å²) in [5.41, 5.74) is -2.32. The van der Waals surface area contributed by atoms with Crippen molar-refractivity contribution in [1.82, 2.24) is 9.88 Å². The summed E-state index contributed by atoms with van der Waals surface area (Å²) in [4.78, 5) is 18.9. The summed E-state index contributed by atoms with van der Waals surface area (Å²) >= 11 is 0. The summed E-state index contributed by atoms with van der Waals surface area (Å²) in [5.74, 6) is -0.417. The van der Waals surface area contributed by atoms with Crippen molar-refractivity contribution in [2.75, 3.05) is 0 Å². The van der Waals surface area contributed by atoms with Gasteiger partial charge >= 0.3 is 6.18 Å². The SMILES string of the molecule is C[C@](O)(c1ccc(C(=O)N(C2CC2)[C@H]2CC[C@H](c3ccncc3F)CC2)cc1)C(F)(F)F. The van der Waals surface area contributed by atoms with Gasteiger partial charge in [-0.2, -0.15) is 13.2 Å². The molecule has 1 aromatic carbocycles. The first kappa shape index (κ1) is 22.7. The molecule has 1 N–H and O–H groups in total. The van der Waals surface area contributed by atoms with E-state index in [0.717, 1.165) is 50.7 Å². The first-order valence-electron chi connectivity index (χ1n) is 10.9. The van der Waals surface area contributed by atoms with E-state index in [9.17, 15) is 27.5 Å². The zero-order valence-corrected chi connectivity index (χ0v) is 17.8. The second-order valence-electron chi connectivity index (χ2n) is 8.99. The van der Waals surface area contributed by atoms with Crippen molar-refractivity contribution < 1.29 is 27.5 Å². The molecule has 2 saturated carbocycles. The van der Waals surface area contributed by atoms with Crippen molar-refractivity contribution in [2.45, 2.75) is 75.2 Å². The lowest BCUT2D eigenvalue weighted by atomic mass is 9.81. The van der Waals surface area contributed by atoms with Crippen molar-refractivity contribution in [3.05, 3.63) is 65.2 Å². The largest absolute Gasteiger partial charge is 0.421 e. The Bertz CT molecular complexity index is 963. The molecule has 1 atom stereocenters. The van der Waals surface area contributed by atoms with E-state index in [0.29, 0.717) is 18.1 Å². The average Bonchev–Trinajstić information content (AvgIpc) is 3.59. The van der Waals surface area contributed by atoms with E-state index in [-0.39, 0.29) is 35.3 Å². The van der Waals surface area contributed by atoms with Gasteiger partial charge in [0.05, 0.1) is 6.20 Å². The van der Waals surface area contributed by atoms with Gasteiger partial charge < -0.3 is 10.0 Å². The normalized spacial score (nSPS) is 23.4. The minimum atomic E-state index is -4.81. The van der Waals surface area contributed by atoms with Gasteiger partial charge in [-0.3, -0.25) is 9.78 Å².